The van der Waals surface area contributed by atoms with Crippen molar-refractivity contribution in [2.24, 2.45) is 0 Å². The number of hydrogen-bond donors (Lipinski definition) is 3. The van der Waals surface area contributed by atoms with Crippen molar-refractivity contribution < 1.29 is 9.59 Å². The van der Waals surface area contributed by atoms with Crippen molar-refractivity contribution in [3.8, 4) is 0 Å². The topological polar surface area (TPSA) is 70.2 Å². The summed E-state index contributed by atoms with van der Waals surface area (Å²) in [6.07, 6.45) is 0.447. The fourth-order valence-electron chi connectivity index (χ4n) is 2.54. The molecule has 0 radical (unpaired) electrons. The molecule has 0 aliphatic rings. The molecule has 2 rings (SSSR count). The Morgan fingerprint density at radius 3 is 1.89 bits per heavy atom. The third kappa shape index (κ3) is 7.12. The smallest absolute Gasteiger partial charge is 0.231 e. The fourth-order valence-corrected chi connectivity index (χ4v) is 2.69. The molecule has 3 N–H and O–H groups in total. The summed E-state index contributed by atoms with van der Waals surface area (Å²) in [6, 6.07) is 15.9. The summed E-state index contributed by atoms with van der Waals surface area (Å²) in [5.74, 6) is -0.318. The van der Waals surface area contributed by atoms with Gasteiger partial charge in [-0.05, 0) is 46.5 Å². The van der Waals surface area contributed by atoms with Crippen LogP contribution < -0.4 is 16.0 Å². The van der Waals surface area contributed by atoms with E-state index in [1.54, 1.807) is 12.1 Å². The quantitative estimate of drug-likeness (QED) is 0.378. The summed E-state index contributed by atoms with van der Waals surface area (Å²) in [7, 11) is 0. The summed E-state index contributed by atoms with van der Waals surface area (Å²) < 4.78 is 0. The third-order valence-corrected chi connectivity index (χ3v) is 4.52. The summed E-state index contributed by atoms with van der Waals surface area (Å²) in [5.41, 5.74) is 4.33. The Labute approximate surface area is 171 Å². The molecule has 0 atom stereocenters. The van der Waals surface area contributed by atoms with Crippen molar-refractivity contribution in [1.29, 1.82) is 0 Å². The number of hydrogen-bond acceptors (Lipinski definition) is 3. The van der Waals surface area contributed by atoms with Crippen LogP contribution in [0.2, 0.25) is 0 Å². The van der Waals surface area contributed by atoms with Crippen molar-refractivity contribution >= 4 is 35.2 Å². The van der Waals surface area contributed by atoms with Gasteiger partial charge in [-0.15, -0.1) is 0 Å². The number of amides is 1. The highest BCUT2D eigenvalue weighted by Crippen LogP contribution is 2.22. The van der Waals surface area contributed by atoms with Gasteiger partial charge in [0.05, 0.1) is 6.42 Å². The number of rotatable bonds is 7. The molecule has 0 aliphatic carbocycles. The van der Waals surface area contributed by atoms with Crippen LogP contribution in [0, 0.1) is 0 Å². The summed E-state index contributed by atoms with van der Waals surface area (Å²) in [5, 5.41) is 9.63. The van der Waals surface area contributed by atoms with Crippen LogP contribution in [0.15, 0.2) is 48.5 Å². The summed E-state index contributed by atoms with van der Waals surface area (Å²) in [6.45, 7) is 7.84. The zero-order valence-electron chi connectivity index (χ0n) is 16.5. The lowest BCUT2D eigenvalue weighted by molar-refractivity contribution is -0.119. The van der Waals surface area contributed by atoms with Crippen LogP contribution in [-0.4, -0.2) is 17.3 Å². The van der Waals surface area contributed by atoms with E-state index < -0.39 is 0 Å². The Hall–Kier alpha value is -2.73. The molecular formula is C22H27N3O2S. The maximum atomic E-state index is 11.4. The SMILES string of the molecule is CC(C)(C)c1ccc(CNC(=S)NCc2ccc(NC(=O)CC=O)cc2)cc1. The van der Waals surface area contributed by atoms with Crippen molar-refractivity contribution in [3.63, 3.8) is 0 Å². The molecule has 5 nitrogen and oxygen atoms in total. The van der Waals surface area contributed by atoms with Gasteiger partial charge in [-0.25, -0.2) is 0 Å². The molecule has 28 heavy (non-hydrogen) atoms. The minimum atomic E-state index is -0.318. The Bertz CT molecular complexity index is 809. The van der Waals surface area contributed by atoms with E-state index in [1.165, 1.54) is 11.1 Å². The van der Waals surface area contributed by atoms with Crippen molar-refractivity contribution in [2.45, 2.75) is 45.7 Å². The maximum Gasteiger partial charge on any atom is 0.231 e. The molecule has 148 valence electrons. The van der Waals surface area contributed by atoms with Gasteiger partial charge in [0.2, 0.25) is 5.91 Å². The second-order valence-corrected chi connectivity index (χ2v) is 8.01. The van der Waals surface area contributed by atoms with Gasteiger partial charge in [0.1, 0.15) is 6.29 Å². The molecule has 0 aliphatic heterocycles. The number of benzene rings is 2. The molecule has 0 saturated carbocycles. The second kappa shape index (κ2) is 9.99. The van der Waals surface area contributed by atoms with Crippen LogP contribution in [0.3, 0.4) is 0 Å². The lowest BCUT2D eigenvalue weighted by atomic mass is 9.87. The van der Waals surface area contributed by atoms with E-state index in [0.29, 0.717) is 30.2 Å². The largest absolute Gasteiger partial charge is 0.359 e. The number of thiocarbonyl (C=S) groups is 1. The highest BCUT2D eigenvalue weighted by molar-refractivity contribution is 7.80. The van der Waals surface area contributed by atoms with Crippen LogP contribution in [0.4, 0.5) is 5.69 Å². The van der Waals surface area contributed by atoms with Crippen molar-refractivity contribution in [3.05, 3.63) is 65.2 Å². The highest BCUT2D eigenvalue weighted by atomic mass is 32.1. The van der Waals surface area contributed by atoms with E-state index in [1.807, 2.05) is 12.1 Å². The molecule has 0 spiro atoms. The summed E-state index contributed by atoms with van der Waals surface area (Å²) >= 11 is 5.34. The number of carbonyl (C=O) groups excluding carboxylic acids is 2. The molecule has 2 aromatic carbocycles. The molecule has 1 amide bonds. The number of aldehydes is 1. The van der Waals surface area contributed by atoms with E-state index >= 15 is 0 Å². The van der Waals surface area contributed by atoms with Crippen molar-refractivity contribution in [2.75, 3.05) is 5.32 Å². The van der Waals surface area contributed by atoms with E-state index in [4.69, 9.17) is 12.2 Å². The average molecular weight is 398 g/mol. The van der Waals surface area contributed by atoms with Gasteiger partial charge < -0.3 is 20.7 Å². The molecule has 0 fully saturated rings. The molecular weight excluding hydrogens is 370 g/mol. The summed E-state index contributed by atoms with van der Waals surface area (Å²) in [4.78, 5) is 21.7. The zero-order chi connectivity index (χ0) is 20.6. The van der Waals surface area contributed by atoms with Crippen LogP contribution in [0.5, 0.6) is 0 Å². The normalized spacial score (nSPS) is 10.8. The second-order valence-electron chi connectivity index (χ2n) is 7.60. The highest BCUT2D eigenvalue weighted by Gasteiger charge is 2.12. The number of nitrogens with one attached hydrogen (secondary N) is 3. The molecule has 0 bridgehead atoms. The van der Waals surface area contributed by atoms with Crippen molar-refractivity contribution in [1.82, 2.24) is 10.6 Å². The van der Waals surface area contributed by atoms with Crippen LogP contribution in [0.1, 0.15) is 43.9 Å². The molecule has 6 heteroatoms. The first kappa shape index (κ1) is 21.6. The first-order valence-electron chi connectivity index (χ1n) is 9.21. The Morgan fingerprint density at radius 1 is 0.929 bits per heavy atom. The molecule has 2 aromatic rings. The zero-order valence-corrected chi connectivity index (χ0v) is 17.4. The Kier molecular flexibility index (Phi) is 7.70. The lowest BCUT2D eigenvalue weighted by Gasteiger charge is -2.19. The molecule has 0 heterocycles. The van der Waals surface area contributed by atoms with Crippen LogP contribution >= 0.6 is 12.2 Å². The van der Waals surface area contributed by atoms with Gasteiger partial charge in [0.15, 0.2) is 5.11 Å². The predicted octanol–water partition coefficient (Wildman–Crippen LogP) is 3.68. The minimum absolute atomic E-state index is 0.137. The van der Waals surface area contributed by atoms with E-state index in [0.717, 1.165) is 5.56 Å². The first-order chi connectivity index (χ1) is 13.3. The molecule has 0 saturated heterocycles. The van der Waals surface area contributed by atoms with Gasteiger partial charge in [-0.1, -0.05) is 57.2 Å². The van der Waals surface area contributed by atoms with Crippen LogP contribution in [-0.2, 0) is 28.1 Å². The van der Waals surface area contributed by atoms with E-state index in [2.05, 4.69) is 61.0 Å². The number of anilines is 1. The predicted molar refractivity (Wildman–Crippen MR) is 117 cm³/mol. The van der Waals surface area contributed by atoms with Gasteiger partial charge in [0, 0.05) is 18.8 Å². The van der Waals surface area contributed by atoms with E-state index in [-0.39, 0.29) is 17.7 Å². The number of carbonyl (C=O) groups is 2. The fraction of sp³-hybridized carbons (Fsp3) is 0.318. The maximum absolute atomic E-state index is 11.4. The first-order valence-corrected chi connectivity index (χ1v) is 9.62. The van der Waals surface area contributed by atoms with Gasteiger partial charge >= 0.3 is 0 Å². The Morgan fingerprint density at radius 2 is 1.43 bits per heavy atom. The lowest BCUT2D eigenvalue weighted by Crippen LogP contribution is -2.34. The van der Waals surface area contributed by atoms with Gasteiger partial charge in [-0.3, -0.25) is 4.79 Å². The minimum Gasteiger partial charge on any atom is -0.359 e. The van der Waals surface area contributed by atoms with E-state index in [9.17, 15) is 9.59 Å². The monoisotopic (exact) mass is 397 g/mol. The molecule has 0 unspecified atom stereocenters. The standard InChI is InChI=1S/C22H27N3O2S/c1-22(2,3)18-8-4-16(5-9-18)14-23-21(28)24-15-17-6-10-19(11-7-17)25-20(27)12-13-26/h4-11,13H,12,14-15H2,1-3H3,(H,25,27)(H2,23,24,28). The average Bonchev–Trinajstić information content (AvgIpc) is 2.65. The molecule has 0 aromatic heterocycles. The van der Waals surface area contributed by atoms with Crippen LogP contribution in [0.25, 0.3) is 0 Å². The van der Waals surface area contributed by atoms with Gasteiger partial charge in [-0.2, -0.15) is 0 Å². The third-order valence-electron chi connectivity index (χ3n) is 4.23. The Balaban J connectivity index is 1.76. The van der Waals surface area contributed by atoms with Gasteiger partial charge in [0.25, 0.3) is 0 Å².